The molecule has 0 fully saturated rings. The molecule has 0 saturated carbocycles. The van der Waals surface area contributed by atoms with E-state index in [0.29, 0.717) is 6.54 Å². The minimum Gasteiger partial charge on any atom is -0.385 e. The molecule has 1 unspecified atom stereocenters. The van der Waals surface area contributed by atoms with Crippen molar-refractivity contribution in [1.29, 1.82) is 0 Å². The molecule has 5 heteroatoms. The van der Waals surface area contributed by atoms with Gasteiger partial charge in [0.15, 0.2) is 0 Å². The van der Waals surface area contributed by atoms with Gasteiger partial charge in [0, 0.05) is 24.8 Å². The zero-order valence-electron chi connectivity index (χ0n) is 15.0. The van der Waals surface area contributed by atoms with Gasteiger partial charge in [0.1, 0.15) is 0 Å². The van der Waals surface area contributed by atoms with Crippen LogP contribution in [0.2, 0.25) is 0 Å². The van der Waals surface area contributed by atoms with Crippen LogP contribution in [-0.2, 0) is 36.8 Å². The van der Waals surface area contributed by atoms with Crippen molar-refractivity contribution in [2.75, 3.05) is 0 Å². The van der Waals surface area contributed by atoms with E-state index in [-0.39, 0.29) is 12.3 Å². The number of amides is 1. The molecule has 1 heterocycles. The second kappa shape index (κ2) is 7.62. The van der Waals surface area contributed by atoms with Gasteiger partial charge in [0.2, 0.25) is 5.91 Å². The lowest BCUT2D eigenvalue weighted by atomic mass is 9.92. The number of carbonyl (C=O) groups is 1. The van der Waals surface area contributed by atoms with Gasteiger partial charge >= 0.3 is 0 Å². The fraction of sp³-hybridized carbons (Fsp3) is 0.474. The summed E-state index contributed by atoms with van der Waals surface area (Å²) in [6.45, 7) is 6.26. The lowest BCUT2D eigenvalue weighted by molar-refractivity contribution is -0.126. The Kier molecular flexibility index (Phi) is 5.78. The molecule has 0 aliphatic carbocycles. The van der Waals surface area contributed by atoms with Crippen molar-refractivity contribution in [1.82, 2.24) is 15.1 Å². The maximum atomic E-state index is 12.3. The smallest absolute Gasteiger partial charge is 0.223 e. The van der Waals surface area contributed by atoms with Gasteiger partial charge < -0.3 is 10.4 Å². The van der Waals surface area contributed by atoms with Gasteiger partial charge in [0.25, 0.3) is 0 Å². The molecular formula is C19H27N3O2. The number of aliphatic hydroxyl groups is 1. The molecule has 0 bridgehead atoms. The maximum Gasteiger partial charge on any atom is 0.223 e. The fourth-order valence-corrected chi connectivity index (χ4v) is 3.06. The highest BCUT2D eigenvalue weighted by atomic mass is 16.3. The highest BCUT2D eigenvalue weighted by Gasteiger charge is 2.26. The van der Waals surface area contributed by atoms with E-state index in [0.717, 1.165) is 35.4 Å². The Bertz CT molecular complexity index is 690. The van der Waals surface area contributed by atoms with E-state index in [1.54, 1.807) is 6.92 Å². The molecular weight excluding hydrogens is 302 g/mol. The van der Waals surface area contributed by atoms with Crippen LogP contribution in [0, 0.1) is 0 Å². The Hall–Kier alpha value is -2.14. The van der Waals surface area contributed by atoms with Crippen LogP contribution in [0.25, 0.3) is 0 Å². The summed E-state index contributed by atoms with van der Waals surface area (Å²) < 4.78 is 1.89. The molecule has 130 valence electrons. The molecule has 0 radical (unpaired) electrons. The highest BCUT2D eigenvalue weighted by Crippen LogP contribution is 2.24. The Morgan fingerprint density at radius 1 is 1.25 bits per heavy atom. The van der Waals surface area contributed by atoms with E-state index in [4.69, 9.17) is 0 Å². The fourth-order valence-electron chi connectivity index (χ4n) is 3.06. The number of carbonyl (C=O) groups excluding carboxylic acids is 1. The van der Waals surface area contributed by atoms with Gasteiger partial charge in [-0.2, -0.15) is 5.10 Å². The number of hydrogen-bond acceptors (Lipinski definition) is 3. The highest BCUT2D eigenvalue weighted by molar-refractivity contribution is 5.77. The van der Waals surface area contributed by atoms with Gasteiger partial charge in [-0.25, -0.2) is 0 Å². The minimum atomic E-state index is -1.18. The number of nitrogens with one attached hydrogen (secondary N) is 1. The van der Waals surface area contributed by atoms with Crippen LogP contribution in [0.15, 0.2) is 30.3 Å². The van der Waals surface area contributed by atoms with Crippen LogP contribution >= 0.6 is 0 Å². The molecule has 0 spiro atoms. The maximum absolute atomic E-state index is 12.3. The summed E-state index contributed by atoms with van der Waals surface area (Å²) in [5.41, 5.74) is 2.81. The summed E-state index contributed by atoms with van der Waals surface area (Å²) in [7, 11) is 1.93. The minimum absolute atomic E-state index is 0.0280. The van der Waals surface area contributed by atoms with Gasteiger partial charge in [-0.3, -0.25) is 9.48 Å². The topological polar surface area (TPSA) is 67.2 Å². The van der Waals surface area contributed by atoms with E-state index in [1.807, 2.05) is 42.1 Å². The lowest BCUT2D eigenvalue weighted by Crippen LogP contribution is -2.32. The zero-order chi connectivity index (χ0) is 17.7. The second-order valence-corrected chi connectivity index (χ2v) is 6.30. The summed E-state index contributed by atoms with van der Waals surface area (Å²) >= 11 is 0. The van der Waals surface area contributed by atoms with E-state index < -0.39 is 5.60 Å². The molecule has 0 aliphatic rings. The van der Waals surface area contributed by atoms with Crippen LogP contribution in [-0.4, -0.2) is 20.8 Å². The summed E-state index contributed by atoms with van der Waals surface area (Å²) in [5.74, 6) is -0.170. The standard InChI is InChI=1S/C19H27N3O2/c1-5-16-15(17(6-2)22(4)21-16)13-20-18(23)12-19(3,24)14-10-8-7-9-11-14/h7-11,24H,5-6,12-13H2,1-4H3,(H,20,23). The van der Waals surface area contributed by atoms with E-state index in [2.05, 4.69) is 24.3 Å². The number of benzene rings is 1. The molecule has 1 aromatic heterocycles. The molecule has 2 N–H and O–H groups in total. The Morgan fingerprint density at radius 2 is 1.92 bits per heavy atom. The van der Waals surface area contributed by atoms with Crippen molar-refractivity contribution in [3.63, 3.8) is 0 Å². The Balaban J connectivity index is 2.04. The monoisotopic (exact) mass is 329 g/mol. The summed E-state index contributed by atoms with van der Waals surface area (Å²) in [4.78, 5) is 12.3. The largest absolute Gasteiger partial charge is 0.385 e. The van der Waals surface area contributed by atoms with Crippen LogP contribution < -0.4 is 5.32 Å². The summed E-state index contributed by atoms with van der Waals surface area (Å²) in [6.07, 6.45) is 1.73. The third-order valence-electron chi connectivity index (χ3n) is 4.39. The van der Waals surface area contributed by atoms with Crippen molar-refractivity contribution < 1.29 is 9.90 Å². The molecule has 1 atom stereocenters. The van der Waals surface area contributed by atoms with Gasteiger partial charge in [-0.1, -0.05) is 44.2 Å². The molecule has 0 aliphatic heterocycles. The van der Waals surface area contributed by atoms with Crippen molar-refractivity contribution >= 4 is 5.91 Å². The number of aromatic nitrogens is 2. The number of aryl methyl sites for hydroxylation is 2. The lowest BCUT2D eigenvalue weighted by Gasteiger charge is -2.23. The average molecular weight is 329 g/mol. The first-order chi connectivity index (χ1) is 11.4. The first-order valence-electron chi connectivity index (χ1n) is 8.47. The Morgan fingerprint density at radius 3 is 2.50 bits per heavy atom. The second-order valence-electron chi connectivity index (χ2n) is 6.30. The molecule has 5 nitrogen and oxygen atoms in total. The molecule has 1 amide bonds. The first kappa shape index (κ1) is 18.2. The SMILES string of the molecule is CCc1nn(C)c(CC)c1CNC(=O)CC(C)(O)c1ccccc1. The third kappa shape index (κ3) is 4.03. The molecule has 2 aromatic rings. The third-order valence-corrected chi connectivity index (χ3v) is 4.39. The summed E-state index contributed by atoms with van der Waals surface area (Å²) in [6, 6.07) is 9.27. The van der Waals surface area contributed by atoms with Crippen LogP contribution in [0.3, 0.4) is 0 Å². The van der Waals surface area contributed by atoms with Crippen LogP contribution in [0.4, 0.5) is 0 Å². The van der Waals surface area contributed by atoms with Crippen molar-refractivity contribution in [3.8, 4) is 0 Å². The molecule has 2 rings (SSSR count). The predicted molar refractivity (Wildman–Crippen MR) is 94.4 cm³/mol. The molecule has 0 saturated heterocycles. The number of hydrogen-bond donors (Lipinski definition) is 2. The first-order valence-corrected chi connectivity index (χ1v) is 8.47. The summed E-state index contributed by atoms with van der Waals surface area (Å²) in [5, 5.41) is 18.0. The number of nitrogens with zero attached hydrogens (tertiary/aromatic N) is 2. The van der Waals surface area contributed by atoms with Crippen molar-refractivity contribution in [2.24, 2.45) is 7.05 Å². The quantitative estimate of drug-likeness (QED) is 0.820. The van der Waals surface area contributed by atoms with Crippen LogP contribution in [0.1, 0.15) is 49.7 Å². The van der Waals surface area contributed by atoms with Gasteiger partial charge in [-0.15, -0.1) is 0 Å². The van der Waals surface area contributed by atoms with Gasteiger partial charge in [-0.05, 0) is 25.3 Å². The predicted octanol–water partition coefficient (Wildman–Crippen LogP) is 2.46. The van der Waals surface area contributed by atoms with E-state index >= 15 is 0 Å². The Labute approximate surface area is 143 Å². The van der Waals surface area contributed by atoms with E-state index in [9.17, 15) is 9.90 Å². The zero-order valence-corrected chi connectivity index (χ0v) is 15.0. The number of rotatable bonds is 7. The van der Waals surface area contributed by atoms with Crippen LogP contribution in [0.5, 0.6) is 0 Å². The van der Waals surface area contributed by atoms with Gasteiger partial charge in [0.05, 0.1) is 17.7 Å². The molecule has 1 aromatic carbocycles. The van der Waals surface area contributed by atoms with Crippen molar-refractivity contribution in [2.45, 2.75) is 52.2 Å². The average Bonchev–Trinajstić information content (AvgIpc) is 2.88. The van der Waals surface area contributed by atoms with E-state index in [1.165, 1.54) is 0 Å². The normalized spacial score (nSPS) is 13.5. The molecule has 24 heavy (non-hydrogen) atoms. The van der Waals surface area contributed by atoms with Crippen molar-refractivity contribution in [3.05, 3.63) is 52.8 Å².